The average Bonchev–Trinajstić information content (AvgIpc) is 2.07. The summed E-state index contributed by atoms with van der Waals surface area (Å²) in [5, 5.41) is 10.9. The molecular formula is C8H8BrNO2. The standard InChI is InChI=1S/C8H8BrNO2/c9-6-8(10(11)12)7-4-2-1-3-5-7/h1-5,8H,6H2. The van der Waals surface area contributed by atoms with Crippen molar-refractivity contribution in [1.82, 2.24) is 0 Å². The largest absolute Gasteiger partial charge is 0.264 e. The van der Waals surface area contributed by atoms with E-state index in [1.54, 1.807) is 24.3 Å². The Morgan fingerprint density at radius 1 is 1.42 bits per heavy atom. The van der Waals surface area contributed by atoms with Crippen molar-refractivity contribution in [2.75, 3.05) is 5.33 Å². The second-order valence-electron chi connectivity index (χ2n) is 2.37. The van der Waals surface area contributed by atoms with E-state index in [1.165, 1.54) is 0 Å². The van der Waals surface area contributed by atoms with Gasteiger partial charge >= 0.3 is 0 Å². The lowest BCUT2D eigenvalue weighted by atomic mass is 10.1. The first kappa shape index (κ1) is 9.19. The molecule has 0 saturated heterocycles. The molecule has 0 radical (unpaired) electrons. The minimum atomic E-state index is -0.633. The lowest BCUT2D eigenvalue weighted by Gasteiger charge is -2.04. The van der Waals surface area contributed by atoms with Crippen LogP contribution in [0.1, 0.15) is 11.6 Å². The number of halogens is 1. The fourth-order valence-corrected chi connectivity index (χ4v) is 1.55. The van der Waals surface area contributed by atoms with E-state index in [9.17, 15) is 10.1 Å². The van der Waals surface area contributed by atoms with Gasteiger partial charge in [-0.05, 0) is 0 Å². The van der Waals surface area contributed by atoms with E-state index in [-0.39, 0.29) is 4.92 Å². The van der Waals surface area contributed by atoms with Gasteiger partial charge < -0.3 is 0 Å². The highest BCUT2D eigenvalue weighted by Crippen LogP contribution is 2.17. The van der Waals surface area contributed by atoms with Crippen molar-refractivity contribution in [2.24, 2.45) is 0 Å². The van der Waals surface area contributed by atoms with Crippen LogP contribution in [0.15, 0.2) is 30.3 Å². The summed E-state index contributed by atoms with van der Waals surface area (Å²) < 4.78 is 0. The predicted molar refractivity (Wildman–Crippen MR) is 50.0 cm³/mol. The molecular weight excluding hydrogens is 222 g/mol. The Hall–Kier alpha value is -0.900. The van der Waals surface area contributed by atoms with Gasteiger partial charge in [-0.15, -0.1) is 0 Å². The van der Waals surface area contributed by atoms with Crippen LogP contribution in [-0.4, -0.2) is 10.3 Å². The minimum Gasteiger partial charge on any atom is -0.264 e. The molecule has 1 aromatic rings. The molecule has 0 saturated carbocycles. The molecule has 3 nitrogen and oxygen atoms in total. The molecule has 1 atom stereocenters. The first-order valence-corrected chi connectivity index (χ1v) is 4.62. The van der Waals surface area contributed by atoms with Crippen LogP contribution in [0.3, 0.4) is 0 Å². The maximum atomic E-state index is 10.5. The Labute approximate surface area is 78.7 Å². The van der Waals surface area contributed by atoms with Crippen LogP contribution in [0.5, 0.6) is 0 Å². The van der Waals surface area contributed by atoms with E-state index in [4.69, 9.17) is 0 Å². The number of hydrogen-bond donors (Lipinski definition) is 0. The molecule has 0 aliphatic carbocycles. The van der Waals surface area contributed by atoms with Gasteiger partial charge in [0.15, 0.2) is 0 Å². The number of rotatable bonds is 3. The predicted octanol–water partition coefficient (Wildman–Crippen LogP) is 2.40. The summed E-state index contributed by atoms with van der Waals surface area (Å²) in [5.41, 5.74) is 0.736. The van der Waals surface area contributed by atoms with Gasteiger partial charge in [0.1, 0.15) is 0 Å². The van der Waals surface area contributed by atoms with Gasteiger partial charge in [-0.2, -0.15) is 0 Å². The highest BCUT2D eigenvalue weighted by Gasteiger charge is 2.19. The molecule has 64 valence electrons. The van der Waals surface area contributed by atoms with E-state index in [0.29, 0.717) is 5.33 Å². The second-order valence-corrected chi connectivity index (χ2v) is 3.01. The van der Waals surface area contributed by atoms with Crippen molar-refractivity contribution in [3.8, 4) is 0 Å². The third-order valence-electron chi connectivity index (χ3n) is 1.58. The molecule has 1 aromatic carbocycles. The number of benzene rings is 1. The lowest BCUT2D eigenvalue weighted by molar-refractivity contribution is -0.522. The summed E-state index contributed by atoms with van der Waals surface area (Å²) in [5.74, 6) is 0. The lowest BCUT2D eigenvalue weighted by Crippen LogP contribution is -2.11. The zero-order valence-electron chi connectivity index (χ0n) is 6.31. The van der Waals surface area contributed by atoms with Crippen LogP contribution in [0, 0.1) is 10.1 Å². The first-order chi connectivity index (χ1) is 5.75. The summed E-state index contributed by atoms with van der Waals surface area (Å²) in [6.45, 7) is 0. The first-order valence-electron chi connectivity index (χ1n) is 3.50. The van der Waals surface area contributed by atoms with E-state index in [0.717, 1.165) is 5.56 Å². The molecule has 0 aliphatic rings. The van der Waals surface area contributed by atoms with Crippen LogP contribution in [0.25, 0.3) is 0 Å². The fraction of sp³-hybridized carbons (Fsp3) is 0.250. The van der Waals surface area contributed by atoms with Crippen molar-refractivity contribution >= 4 is 15.9 Å². The Morgan fingerprint density at radius 3 is 2.42 bits per heavy atom. The van der Waals surface area contributed by atoms with Crippen molar-refractivity contribution < 1.29 is 4.92 Å². The van der Waals surface area contributed by atoms with Crippen molar-refractivity contribution in [1.29, 1.82) is 0 Å². The Bertz CT molecular complexity index is 263. The highest BCUT2D eigenvalue weighted by atomic mass is 79.9. The summed E-state index contributed by atoms with van der Waals surface area (Å²) in [4.78, 5) is 10.2. The normalized spacial score (nSPS) is 12.4. The van der Waals surface area contributed by atoms with Crippen molar-refractivity contribution in [2.45, 2.75) is 6.04 Å². The summed E-state index contributed by atoms with van der Waals surface area (Å²) in [6, 6.07) is 8.33. The molecule has 0 bridgehead atoms. The third kappa shape index (κ3) is 2.04. The maximum absolute atomic E-state index is 10.5. The molecule has 0 amide bonds. The van der Waals surface area contributed by atoms with Crippen LogP contribution in [0.2, 0.25) is 0 Å². The number of nitrogens with zero attached hydrogens (tertiary/aromatic N) is 1. The van der Waals surface area contributed by atoms with Crippen molar-refractivity contribution in [3.05, 3.63) is 46.0 Å². The molecule has 0 spiro atoms. The Morgan fingerprint density at radius 2 is 2.00 bits per heavy atom. The van der Waals surface area contributed by atoms with Gasteiger partial charge in [0, 0.05) is 10.5 Å². The smallest absolute Gasteiger partial charge is 0.247 e. The summed E-state index contributed by atoms with van der Waals surface area (Å²) >= 11 is 3.11. The topological polar surface area (TPSA) is 43.1 Å². The van der Waals surface area contributed by atoms with Crippen LogP contribution in [0.4, 0.5) is 0 Å². The average molecular weight is 230 g/mol. The molecule has 0 heterocycles. The SMILES string of the molecule is O=[N+]([O-])C(CBr)c1ccccc1. The zero-order chi connectivity index (χ0) is 8.97. The van der Waals surface area contributed by atoms with E-state index in [1.807, 2.05) is 6.07 Å². The van der Waals surface area contributed by atoms with Crippen LogP contribution >= 0.6 is 15.9 Å². The fourth-order valence-electron chi connectivity index (χ4n) is 0.942. The van der Waals surface area contributed by atoms with Crippen molar-refractivity contribution in [3.63, 3.8) is 0 Å². The molecule has 1 rings (SSSR count). The van der Waals surface area contributed by atoms with Gasteiger partial charge in [0.2, 0.25) is 6.04 Å². The molecule has 1 unspecified atom stereocenters. The number of nitro groups is 1. The monoisotopic (exact) mass is 229 g/mol. The van der Waals surface area contributed by atoms with Crippen LogP contribution < -0.4 is 0 Å². The molecule has 0 N–H and O–H groups in total. The summed E-state index contributed by atoms with van der Waals surface area (Å²) in [6.07, 6.45) is 0. The zero-order valence-corrected chi connectivity index (χ0v) is 7.90. The maximum Gasteiger partial charge on any atom is 0.247 e. The van der Waals surface area contributed by atoms with Gasteiger partial charge in [-0.1, -0.05) is 46.3 Å². The van der Waals surface area contributed by atoms with Gasteiger partial charge in [-0.3, -0.25) is 10.1 Å². The highest BCUT2D eigenvalue weighted by molar-refractivity contribution is 9.09. The number of hydrogen-bond acceptors (Lipinski definition) is 2. The molecule has 0 fully saturated rings. The van der Waals surface area contributed by atoms with E-state index < -0.39 is 6.04 Å². The Kier molecular flexibility index (Phi) is 3.22. The Balaban J connectivity index is 2.88. The third-order valence-corrected chi connectivity index (χ3v) is 2.20. The minimum absolute atomic E-state index is 0.288. The molecule has 0 aromatic heterocycles. The van der Waals surface area contributed by atoms with E-state index >= 15 is 0 Å². The van der Waals surface area contributed by atoms with Crippen LogP contribution in [-0.2, 0) is 0 Å². The molecule has 4 heteroatoms. The van der Waals surface area contributed by atoms with E-state index in [2.05, 4.69) is 15.9 Å². The van der Waals surface area contributed by atoms with Gasteiger partial charge in [0.05, 0.1) is 5.33 Å². The quantitative estimate of drug-likeness (QED) is 0.454. The van der Waals surface area contributed by atoms with Gasteiger partial charge in [0.25, 0.3) is 0 Å². The molecule has 12 heavy (non-hydrogen) atoms. The van der Waals surface area contributed by atoms with Gasteiger partial charge in [-0.25, -0.2) is 0 Å². The molecule has 0 aliphatic heterocycles. The number of alkyl halides is 1. The second kappa shape index (κ2) is 4.21. The summed E-state index contributed by atoms with van der Waals surface area (Å²) in [7, 11) is 0.